The first-order valence-electron chi connectivity index (χ1n) is 7.35. The van der Waals surface area contributed by atoms with Crippen molar-refractivity contribution < 1.29 is 19.1 Å². The predicted molar refractivity (Wildman–Crippen MR) is 85.0 cm³/mol. The minimum Gasteiger partial charge on any atom is -0.455 e. The summed E-state index contributed by atoms with van der Waals surface area (Å²) in [6.45, 7) is 0.609. The predicted octanol–water partition coefficient (Wildman–Crippen LogP) is 1.57. The van der Waals surface area contributed by atoms with Gasteiger partial charge in [-0.05, 0) is 42.5 Å². The third kappa shape index (κ3) is 5.35. The van der Waals surface area contributed by atoms with Crippen molar-refractivity contribution in [1.82, 2.24) is 5.32 Å². The molecule has 0 aromatic heterocycles. The number of carbonyl (C=O) groups is 2. The Kier molecular flexibility index (Phi) is 6.74. The van der Waals surface area contributed by atoms with Crippen molar-refractivity contribution in [2.75, 3.05) is 32.6 Å². The van der Waals surface area contributed by atoms with Crippen LogP contribution in [0.1, 0.15) is 17.5 Å². The summed E-state index contributed by atoms with van der Waals surface area (Å²) in [7, 11) is 1.56. The molecule has 0 bridgehead atoms. The van der Waals surface area contributed by atoms with Crippen LogP contribution < -0.4 is 5.32 Å². The second-order valence-corrected chi connectivity index (χ2v) is 6.12. The number of rotatable bonds is 8. The van der Waals surface area contributed by atoms with Crippen LogP contribution in [0, 0.1) is 0 Å². The van der Waals surface area contributed by atoms with E-state index in [9.17, 15) is 9.59 Å². The number of hydrogen-bond acceptors (Lipinski definition) is 5. The quantitative estimate of drug-likeness (QED) is 0.447. The number of methoxy groups -OCH3 is 1. The zero-order chi connectivity index (χ0) is 15.8. The molecule has 0 fully saturated rings. The monoisotopic (exact) mass is 323 g/mol. The van der Waals surface area contributed by atoms with Gasteiger partial charge in [-0.15, -0.1) is 11.8 Å². The largest absolute Gasteiger partial charge is 0.455 e. The van der Waals surface area contributed by atoms with Crippen molar-refractivity contribution in [3.8, 4) is 0 Å². The number of ether oxygens (including phenoxy) is 2. The van der Waals surface area contributed by atoms with Gasteiger partial charge in [0, 0.05) is 18.6 Å². The Hall–Kier alpha value is -1.53. The number of thioether (sulfide) groups is 1. The molecular formula is C16H21NO4S. The minimum atomic E-state index is -0.382. The van der Waals surface area contributed by atoms with E-state index in [-0.39, 0.29) is 24.2 Å². The number of aryl methyl sites for hydroxylation is 2. The third-order valence-corrected chi connectivity index (χ3v) is 4.39. The fraction of sp³-hybridized carbons (Fsp3) is 0.500. The van der Waals surface area contributed by atoms with Crippen molar-refractivity contribution in [3.05, 3.63) is 29.3 Å². The van der Waals surface area contributed by atoms with Gasteiger partial charge in [-0.3, -0.25) is 9.59 Å². The van der Waals surface area contributed by atoms with E-state index in [0.717, 1.165) is 17.7 Å². The number of benzene rings is 1. The lowest BCUT2D eigenvalue weighted by Gasteiger charge is -2.07. The lowest BCUT2D eigenvalue weighted by atomic mass is 10.1. The smallest absolute Gasteiger partial charge is 0.316 e. The summed E-state index contributed by atoms with van der Waals surface area (Å²) in [5.41, 5.74) is 2.80. The van der Waals surface area contributed by atoms with Gasteiger partial charge in [-0.2, -0.15) is 0 Å². The molecule has 0 saturated carbocycles. The molecular weight excluding hydrogens is 302 g/mol. The number of hydrogen-bond donors (Lipinski definition) is 1. The zero-order valence-corrected chi connectivity index (χ0v) is 13.5. The van der Waals surface area contributed by atoms with E-state index in [0.29, 0.717) is 13.2 Å². The molecule has 0 spiro atoms. The highest BCUT2D eigenvalue weighted by atomic mass is 32.2. The molecule has 0 unspecified atom stereocenters. The SMILES string of the molecule is COCCNC(=O)COC(=O)CSc1ccc2c(c1)CCC2. The lowest BCUT2D eigenvalue weighted by molar-refractivity contribution is -0.145. The van der Waals surface area contributed by atoms with Crippen LogP contribution in [0.3, 0.4) is 0 Å². The Morgan fingerprint density at radius 1 is 1.27 bits per heavy atom. The number of carbonyl (C=O) groups excluding carboxylic acids is 2. The molecule has 5 nitrogen and oxygen atoms in total. The summed E-state index contributed by atoms with van der Waals surface area (Å²) in [6.07, 6.45) is 3.49. The van der Waals surface area contributed by atoms with E-state index >= 15 is 0 Å². The maximum absolute atomic E-state index is 11.6. The summed E-state index contributed by atoms with van der Waals surface area (Å²) in [4.78, 5) is 24.1. The number of esters is 1. The van der Waals surface area contributed by atoms with Gasteiger partial charge in [0.05, 0.1) is 12.4 Å². The molecule has 6 heteroatoms. The van der Waals surface area contributed by atoms with Gasteiger partial charge in [0.1, 0.15) is 0 Å². The van der Waals surface area contributed by atoms with E-state index in [4.69, 9.17) is 9.47 Å². The van der Waals surface area contributed by atoms with E-state index < -0.39 is 0 Å². The number of nitrogens with one attached hydrogen (secondary N) is 1. The molecule has 0 saturated heterocycles. The number of amides is 1. The van der Waals surface area contributed by atoms with Crippen LogP contribution in [0.15, 0.2) is 23.1 Å². The Morgan fingerprint density at radius 2 is 2.09 bits per heavy atom. The van der Waals surface area contributed by atoms with Crippen LogP contribution in [0.5, 0.6) is 0 Å². The van der Waals surface area contributed by atoms with Gasteiger partial charge in [0.2, 0.25) is 0 Å². The standard InChI is InChI=1S/C16H21NO4S/c1-20-8-7-17-15(18)10-21-16(19)11-22-14-6-5-12-3-2-4-13(12)9-14/h5-6,9H,2-4,7-8,10-11H2,1H3,(H,17,18). The topological polar surface area (TPSA) is 64.6 Å². The second-order valence-electron chi connectivity index (χ2n) is 5.08. The molecule has 0 heterocycles. The lowest BCUT2D eigenvalue weighted by Crippen LogP contribution is -2.31. The van der Waals surface area contributed by atoms with Crippen LogP contribution >= 0.6 is 11.8 Å². The zero-order valence-electron chi connectivity index (χ0n) is 12.7. The van der Waals surface area contributed by atoms with Crippen molar-refractivity contribution >= 4 is 23.6 Å². The molecule has 1 N–H and O–H groups in total. The molecule has 2 rings (SSSR count). The fourth-order valence-electron chi connectivity index (χ4n) is 2.31. The van der Waals surface area contributed by atoms with Crippen molar-refractivity contribution in [2.45, 2.75) is 24.2 Å². The molecule has 0 aliphatic heterocycles. The van der Waals surface area contributed by atoms with E-state index in [2.05, 4.69) is 17.4 Å². The average molecular weight is 323 g/mol. The van der Waals surface area contributed by atoms with Crippen LogP contribution in [-0.4, -0.2) is 44.5 Å². The van der Waals surface area contributed by atoms with E-state index in [1.807, 2.05) is 6.07 Å². The molecule has 1 aromatic carbocycles. The maximum atomic E-state index is 11.6. The summed E-state index contributed by atoms with van der Waals surface area (Å²) >= 11 is 1.44. The minimum absolute atomic E-state index is 0.212. The van der Waals surface area contributed by atoms with Gasteiger partial charge < -0.3 is 14.8 Å². The average Bonchev–Trinajstić information content (AvgIpc) is 2.98. The Labute approximate surface area is 134 Å². The van der Waals surface area contributed by atoms with E-state index in [1.54, 1.807) is 7.11 Å². The Balaban J connectivity index is 1.66. The van der Waals surface area contributed by atoms with Crippen LogP contribution in [0.4, 0.5) is 0 Å². The van der Waals surface area contributed by atoms with Gasteiger partial charge >= 0.3 is 5.97 Å². The van der Waals surface area contributed by atoms with Crippen molar-refractivity contribution in [3.63, 3.8) is 0 Å². The summed E-state index contributed by atoms with van der Waals surface area (Å²) in [5, 5.41) is 2.59. The summed E-state index contributed by atoms with van der Waals surface area (Å²) in [5.74, 6) is -0.482. The molecule has 120 valence electrons. The molecule has 0 radical (unpaired) electrons. The van der Waals surface area contributed by atoms with E-state index in [1.165, 1.54) is 29.3 Å². The molecule has 1 aliphatic rings. The molecule has 1 amide bonds. The van der Waals surface area contributed by atoms with Gasteiger partial charge in [0.15, 0.2) is 6.61 Å². The molecule has 22 heavy (non-hydrogen) atoms. The van der Waals surface area contributed by atoms with Gasteiger partial charge in [-0.1, -0.05) is 6.07 Å². The summed E-state index contributed by atoms with van der Waals surface area (Å²) < 4.78 is 9.75. The summed E-state index contributed by atoms with van der Waals surface area (Å²) in [6, 6.07) is 6.33. The second kappa shape index (κ2) is 8.80. The van der Waals surface area contributed by atoms with Crippen LogP contribution in [0.2, 0.25) is 0 Å². The van der Waals surface area contributed by atoms with Gasteiger partial charge in [0.25, 0.3) is 5.91 Å². The van der Waals surface area contributed by atoms with Crippen LogP contribution in [0.25, 0.3) is 0 Å². The number of fused-ring (bicyclic) bond motifs is 1. The third-order valence-electron chi connectivity index (χ3n) is 3.42. The molecule has 1 aliphatic carbocycles. The van der Waals surface area contributed by atoms with Crippen molar-refractivity contribution in [1.29, 1.82) is 0 Å². The van der Waals surface area contributed by atoms with Gasteiger partial charge in [-0.25, -0.2) is 0 Å². The normalized spacial score (nSPS) is 12.8. The first-order valence-corrected chi connectivity index (χ1v) is 8.33. The first kappa shape index (κ1) is 16.8. The molecule has 1 aromatic rings. The Bertz CT molecular complexity index is 533. The highest BCUT2D eigenvalue weighted by Gasteiger charge is 2.12. The highest BCUT2D eigenvalue weighted by Crippen LogP contribution is 2.27. The molecule has 0 atom stereocenters. The fourth-order valence-corrected chi connectivity index (χ4v) is 3.07. The highest BCUT2D eigenvalue weighted by molar-refractivity contribution is 8.00. The maximum Gasteiger partial charge on any atom is 0.316 e. The van der Waals surface area contributed by atoms with Crippen LogP contribution in [-0.2, 0) is 31.9 Å². The first-order chi connectivity index (χ1) is 10.7. The Morgan fingerprint density at radius 3 is 2.91 bits per heavy atom. The van der Waals surface area contributed by atoms with Crippen molar-refractivity contribution in [2.24, 2.45) is 0 Å².